The number of nitrogens with zero attached hydrogens (tertiary/aromatic N) is 1. The molecule has 4 heteroatoms. The molecule has 100 valence electrons. The van der Waals surface area contributed by atoms with Crippen molar-refractivity contribution in [3.63, 3.8) is 0 Å². The van der Waals surface area contributed by atoms with Crippen LogP contribution < -0.4 is 5.73 Å². The number of halogens is 1. The molecule has 0 aliphatic rings. The minimum Gasteiger partial charge on any atom is -0.326 e. The molecule has 2 rings (SSSR count). The molecule has 1 heterocycles. The first-order valence-corrected chi connectivity index (χ1v) is 7.55. The molecule has 0 spiro atoms. The maximum absolute atomic E-state index is 6.24. The second-order valence-corrected chi connectivity index (χ2v) is 5.89. The van der Waals surface area contributed by atoms with Crippen LogP contribution in [0.4, 0.5) is 0 Å². The number of nitrogens with two attached hydrogens (primary N) is 1. The van der Waals surface area contributed by atoms with E-state index >= 15 is 0 Å². The lowest BCUT2D eigenvalue weighted by atomic mass is 10.1. The van der Waals surface area contributed by atoms with Crippen LogP contribution >= 0.6 is 23.4 Å². The van der Waals surface area contributed by atoms with Gasteiger partial charge in [-0.25, -0.2) is 0 Å². The third kappa shape index (κ3) is 3.72. The summed E-state index contributed by atoms with van der Waals surface area (Å²) in [7, 11) is 0. The fourth-order valence-corrected chi connectivity index (χ4v) is 3.31. The molecule has 0 radical (unpaired) electrons. The van der Waals surface area contributed by atoms with Crippen molar-refractivity contribution in [1.29, 1.82) is 0 Å². The van der Waals surface area contributed by atoms with Crippen molar-refractivity contribution >= 4 is 23.4 Å². The third-order valence-corrected chi connectivity index (χ3v) is 4.83. The van der Waals surface area contributed by atoms with Crippen LogP contribution in [-0.4, -0.2) is 11.0 Å². The van der Waals surface area contributed by atoms with Crippen molar-refractivity contribution in [3.8, 4) is 0 Å². The Morgan fingerprint density at radius 1 is 1.21 bits per heavy atom. The second-order valence-electron chi connectivity index (χ2n) is 4.30. The average Bonchev–Trinajstić information content (AvgIpc) is 2.46. The van der Waals surface area contributed by atoms with Gasteiger partial charge in [-0.2, -0.15) is 0 Å². The topological polar surface area (TPSA) is 38.9 Å². The zero-order valence-corrected chi connectivity index (χ0v) is 12.4. The van der Waals surface area contributed by atoms with E-state index in [2.05, 4.69) is 11.9 Å². The summed E-state index contributed by atoms with van der Waals surface area (Å²) in [5.41, 5.74) is 7.24. The predicted octanol–water partition coefficient (Wildman–Crippen LogP) is 4.31. The summed E-state index contributed by atoms with van der Waals surface area (Å²) in [5, 5.41) is 0.878. The van der Waals surface area contributed by atoms with Gasteiger partial charge >= 0.3 is 0 Å². The number of thioether (sulfide) groups is 1. The molecule has 0 amide bonds. The van der Waals surface area contributed by atoms with Crippen molar-refractivity contribution in [2.45, 2.75) is 29.5 Å². The lowest BCUT2D eigenvalue weighted by Crippen LogP contribution is -2.26. The van der Waals surface area contributed by atoms with Crippen LogP contribution in [0, 0.1) is 0 Å². The van der Waals surface area contributed by atoms with E-state index in [1.54, 1.807) is 18.0 Å². The molecular weight excluding hydrogens is 276 g/mol. The van der Waals surface area contributed by atoms with Crippen molar-refractivity contribution < 1.29 is 0 Å². The summed E-state index contributed by atoms with van der Waals surface area (Å²) in [5.74, 6) is 0. The maximum atomic E-state index is 6.24. The largest absolute Gasteiger partial charge is 0.326 e. The van der Waals surface area contributed by atoms with E-state index in [0.717, 1.165) is 22.0 Å². The molecule has 2 nitrogen and oxygen atoms in total. The summed E-state index contributed by atoms with van der Waals surface area (Å²) in [6.07, 6.45) is 2.70. The van der Waals surface area contributed by atoms with Gasteiger partial charge in [-0.15, -0.1) is 11.8 Å². The van der Waals surface area contributed by atoms with Crippen LogP contribution in [0.3, 0.4) is 0 Å². The molecule has 0 saturated heterocycles. The standard InChI is InChI=1S/C15H17ClN2S/c1-2-12(17)15(13-8-5-6-10-18-13)19-14-9-4-3-7-11(14)16/h3-10,12,15H,2,17H2,1H3. The van der Waals surface area contributed by atoms with Gasteiger partial charge in [0.25, 0.3) is 0 Å². The van der Waals surface area contributed by atoms with Crippen LogP contribution in [0.2, 0.25) is 5.02 Å². The molecule has 1 aromatic heterocycles. The Morgan fingerprint density at radius 3 is 2.58 bits per heavy atom. The third-order valence-electron chi connectivity index (χ3n) is 2.93. The van der Waals surface area contributed by atoms with Gasteiger partial charge in [-0.1, -0.05) is 36.7 Å². The molecule has 2 N–H and O–H groups in total. The lowest BCUT2D eigenvalue weighted by Gasteiger charge is -2.22. The number of hydrogen-bond donors (Lipinski definition) is 1. The van der Waals surface area contributed by atoms with E-state index in [-0.39, 0.29) is 11.3 Å². The normalized spacial score (nSPS) is 14.1. The summed E-state index contributed by atoms with van der Waals surface area (Å²) < 4.78 is 0. The molecule has 0 aliphatic carbocycles. The van der Waals surface area contributed by atoms with Gasteiger partial charge in [0.2, 0.25) is 0 Å². The number of benzene rings is 1. The number of rotatable bonds is 5. The minimum atomic E-state index is 0.0520. The molecule has 2 atom stereocenters. The minimum absolute atomic E-state index is 0.0520. The summed E-state index contributed by atoms with van der Waals surface area (Å²) >= 11 is 7.90. The van der Waals surface area contributed by atoms with Gasteiger partial charge in [0, 0.05) is 17.1 Å². The average molecular weight is 293 g/mol. The Hall–Kier alpha value is -1.03. The van der Waals surface area contributed by atoms with Crippen LogP contribution in [0.1, 0.15) is 24.3 Å². The molecule has 2 unspecified atom stereocenters. The van der Waals surface area contributed by atoms with E-state index in [1.807, 2.05) is 42.5 Å². The Bertz CT molecular complexity index is 519. The molecule has 0 aliphatic heterocycles. The van der Waals surface area contributed by atoms with E-state index in [0.29, 0.717) is 0 Å². The summed E-state index contributed by atoms with van der Waals surface area (Å²) in [4.78, 5) is 5.48. The first-order valence-electron chi connectivity index (χ1n) is 6.30. The van der Waals surface area contributed by atoms with Crippen molar-refractivity contribution in [2.75, 3.05) is 0 Å². The van der Waals surface area contributed by atoms with E-state index in [1.165, 1.54) is 0 Å². The van der Waals surface area contributed by atoms with Crippen LogP contribution in [0.15, 0.2) is 53.6 Å². The number of pyridine rings is 1. The predicted molar refractivity (Wildman–Crippen MR) is 82.6 cm³/mol. The summed E-state index contributed by atoms with van der Waals surface area (Å²) in [6.45, 7) is 2.09. The molecule has 2 aromatic rings. The highest BCUT2D eigenvalue weighted by molar-refractivity contribution is 7.99. The highest BCUT2D eigenvalue weighted by atomic mass is 35.5. The van der Waals surface area contributed by atoms with Crippen molar-refractivity contribution in [1.82, 2.24) is 4.98 Å². The van der Waals surface area contributed by atoms with E-state index in [9.17, 15) is 0 Å². The van der Waals surface area contributed by atoms with E-state index in [4.69, 9.17) is 17.3 Å². The van der Waals surface area contributed by atoms with Crippen LogP contribution in [0.5, 0.6) is 0 Å². The molecular formula is C15H17ClN2S. The fraction of sp³-hybridized carbons (Fsp3) is 0.267. The van der Waals surface area contributed by atoms with Crippen molar-refractivity contribution in [2.24, 2.45) is 5.73 Å². The molecule has 19 heavy (non-hydrogen) atoms. The quantitative estimate of drug-likeness (QED) is 0.835. The maximum Gasteiger partial charge on any atom is 0.0668 e. The van der Waals surface area contributed by atoms with Crippen LogP contribution in [-0.2, 0) is 0 Å². The van der Waals surface area contributed by atoms with Gasteiger partial charge < -0.3 is 5.73 Å². The fourth-order valence-electron chi connectivity index (χ4n) is 1.80. The molecule has 0 saturated carbocycles. The smallest absolute Gasteiger partial charge is 0.0668 e. The first kappa shape index (κ1) is 14.4. The zero-order chi connectivity index (χ0) is 13.7. The Morgan fingerprint density at radius 2 is 1.95 bits per heavy atom. The van der Waals surface area contributed by atoms with Gasteiger partial charge in [0.05, 0.1) is 16.0 Å². The van der Waals surface area contributed by atoms with Gasteiger partial charge in [-0.3, -0.25) is 4.98 Å². The summed E-state index contributed by atoms with van der Waals surface area (Å²) in [6, 6.07) is 13.8. The zero-order valence-electron chi connectivity index (χ0n) is 10.8. The van der Waals surface area contributed by atoms with Gasteiger partial charge in [-0.05, 0) is 30.7 Å². The number of aromatic nitrogens is 1. The second kappa shape index (κ2) is 6.94. The molecule has 0 bridgehead atoms. The molecule has 1 aromatic carbocycles. The Labute approximate surface area is 123 Å². The Balaban J connectivity index is 2.27. The lowest BCUT2D eigenvalue weighted by molar-refractivity contribution is 0.624. The molecule has 0 fully saturated rings. The van der Waals surface area contributed by atoms with E-state index < -0.39 is 0 Å². The monoisotopic (exact) mass is 292 g/mol. The van der Waals surface area contributed by atoms with Crippen molar-refractivity contribution in [3.05, 3.63) is 59.4 Å². The van der Waals surface area contributed by atoms with Crippen LogP contribution in [0.25, 0.3) is 0 Å². The highest BCUT2D eigenvalue weighted by Crippen LogP contribution is 2.40. The van der Waals surface area contributed by atoms with Gasteiger partial charge in [0.1, 0.15) is 0 Å². The Kier molecular flexibility index (Phi) is 5.25. The first-order chi connectivity index (χ1) is 9.22. The number of hydrogen-bond acceptors (Lipinski definition) is 3. The van der Waals surface area contributed by atoms with Gasteiger partial charge in [0.15, 0.2) is 0 Å². The SMILES string of the molecule is CCC(N)C(Sc1ccccc1Cl)c1ccccn1. The highest BCUT2D eigenvalue weighted by Gasteiger charge is 2.21.